The molecule has 0 amide bonds. The zero-order valence-electron chi connectivity index (χ0n) is 14.4. The Morgan fingerprint density at radius 3 is 1.00 bits per heavy atom. The van der Waals surface area contributed by atoms with Crippen LogP contribution in [0.3, 0.4) is 0 Å². The second-order valence-electron chi connectivity index (χ2n) is 6.09. The van der Waals surface area contributed by atoms with Crippen molar-refractivity contribution in [2.45, 2.75) is 110 Å². The maximum absolute atomic E-state index is 8.00. The van der Waals surface area contributed by atoms with Gasteiger partial charge in [0.15, 0.2) is 0 Å². The van der Waals surface area contributed by atoms with Gasteiger partial charge in [0.25, 0.3) is 0 Å². The van der Waals surface area contributed by atoms with E-state index in [1.165, 1.54) is 103 Å². The van der Waals surface area contributed by atoms with Gasteiger partial charge in [-0.3, -0.25) is 0 Å². The molecule has 0 aromatic heterocycles. The van der Waals surface area contributed by atoms with Gasteiger partial charge in [-0.15, -0.1) is 0 Å². The molecule has 0 radical (unpaired) electrons. The van der Waals surface area contributed by atoms with E-state index in [1.807, 2.05) is 15.9 Å². The predicted octanol–water partition coefficient (Wildman–Crippen LogP) is 6.09. The van der Waals surface area contributed by atoms with Gasteiger partial charge in [-0.1, -0.05) is 103 Å². The second kappa shape index (κ2) is 25.2. The third-order valence-corrected chi connectivity index (χ3v) is 4.06. The van der Waals surface area contributed by atoms with E-state index in [1.54, 1.807) is 0 Å². The molecule has 0 aromatic rings. The van der Waals surface area contributed by atoms with E-state index < -0.39 is 0 Å². The molecule has 0 saturated heterocycles. The van der Waals surface area contributed by atoms with Gasteiger partial charge in [0, 0.05) is 0 Å². The molecular formula is C18H39FeNO. The maximum atomic E-state index is 8.00. The normalized spacial score (nSPS) is 10.2. The molecule has 21 heavy (non-hydrogen) atoms. The monoisotopic (exact) mass is 341 g/mol. The van der Waals surface area contributed by atoms with Crippen molar-refractivity contribution >= 4 is 0 Å². The summed E-state index contributed by atoms with van der Waals surface area (Å²) < 4.78 is 8.00. The Labute approximate surface area is 142 Å². The van der Waals surface area contributed by atoms with Crippen LogP contribution in [0, 0.1) is 0 Å². The first-order valence-electron chi connectivity index (χ1n) is 9.26. The Hall–Kier alpha value is 0.279. The summed E-state index contributed by atoms with van der Waals surface area (Å²) in [6.45, 7) is 3.16. The van der Waals surface area contributed by atoms with Gasteiger partial charge >= 0.3 is 19.8 Å². The molecule has 0 aliphatic rings. The Morgan fingerprint density at radius 1 is 0.524 bits per heavy atom. The zero-order chi connectivity index (χ0) is 16.0. The Morgan fingerprint density at radius 2 is 0.762 bits per heavy atom. The van der Waals surface area contributed by atoms with E-state index in [-0.39, 0.29) is 0 Å². The molecule has 0 unspecified atom stereocenters. The number of nitrogens with two attached hydrogens (primary N) is 1. The molecule has 0 rings (SSSR count). The topological polar surface area (TPSA) is 43.1 Å². The first kappa shape index (κ1) is 23.5. The molecule has 0 saturated carbocycles. The van der Waals surface area contributed by atoms with Crippen LogP contribution in [0.5, 0.6) is 0 Å². The summed E-state index contributed by atoms with van der Waals surface area (Å²) in [7, 11) is 0. The third kappa shape index (κ3) is 25.6. The Kier molecular flexibility index (Phi) is 28.3. The molecular weight excluding hydrogens is 302 g/mol. The van der Waals surface area contributed by atoms with Gasteiger partial charge in [0.2, 0.25) is 0 Å². The fourth-order valence-electron chi connectivity index (χ4n) is 2.69. The van der Waals surface area contributed by atoms with Crippen LogP contribution in [0.15, 0.2) is 0 Å². The van der Waals surface area contributed by atoms with Crippen molar-refractivity contribution in [1.82, 2.24) is 0 Å². The van der Waals surface area contributed by atoms with Crippen LogP contribution in [-0.4, -0.2) is 6.54 Å². The van der Waals surface area contributed by atoms with E-state index in [2.05, 4.69) is 6.92 Å². The number of unbranched alkanes of at least 4 members (excludes halogenated alkanes) is 15. The van der Waals surface area contributed by atoms with Crippen LogP contribution in [0.4, 0.5) is 0 Å². The fraction of sp³-hybridized carbons (Fsp3) is 1.00. The van der Waals surface area contributed by atoms with Crippen molar-refractivity contribution < 1.29 is 19.8 Å². The minimum atomic E-state index is 0.873. The number of hydrogen-bond acceptors (Lipinski definition) is 2. The first-order valence-corrected chi connectivity index (χ1v) is 9.71. The summed E-state index contributed by atoms with van der Waals surface area (Å²) in [6.07, 6.45) is 22.9. The van der Waals surface area contributed by atoms with Crippen molar-refractivity contribution in [2.75, 3.05) is 6.54 Å². The van der Waals surface area contributed by atoms with Gasteiger partial charge in [-0.25, -0.2) is 0 Å². The second-order valence-corrected chi connectivity index (χ2v) is 6.09. The fourth-order valence-corrected chi connectivity index (χ4v) is 2.69. The van der Waals surface area contributed by atoms with Crippen LogP contribution in [0.1, 0.15) is 110 Å². The molecule has 0 fully saturated rings. The van der Waals surface area contributed by atoms with Crippen molar-refractivity contribution in [3.63, 3.8) is 0 Å². The van der Waals surface area contributed by atoms with Crippen molar-refractivity contribution in [3.8, 4) is 0 Å². The summed E-state index contributed by atoms with van der Waals surface area (Å²) in [5.74, 6) is 0. The SMILES string of the molecule is CCCCCCCCCCCCCCCCCCN.[O]=[Fe]. The molecule has 0 heterocycles. The summed E-state index contributed by atoms with van der Waals surface area (Å²) in [4.78, 5) is 0. The first-order chi connectivity index (χ1) is 10.4. The van der Waals surface area contributed by atoms with Crippen LogP contribution in [0.2, 0.25) is 0 Å². The molecule has 0 aliphatic heterocycles. The standard InChI is InChI=1S/C18H39N.Fe.O/c1-2-3-4-5-6-7-8-9-10-11-12-13-14-15-16-17-18-19;;/h2-19H2,1H3;;. The summed E-state index contributed by atoms with van der Waals surface area (Å²) in [5, 5.41) is 0. The van der Waals surface area contributed by atoms with Crippen molar-refractivity contribution in [1.29, 1.82) is 0 Å². The van der Waals surface area contributed by atoms with Crippen LogP contribution < -0.4 is 5.73 Å². The van der Waals surface area contributed by atoms with Gasteiger partial charge in [0.05, 0.1) is 0 Å². The average Bonchev–Trinajstić information content (AvgIpc) is 2.53. The summed E-state index contributed by atoms with van der Waals surface area (Å²) in [6, 6.07) is 0. The van der Waals surface area contributed by atoms with Gasteiger partial charge in [-0.05, 0) is 13.0 Å². The molecule has 2 nitrogen and oxygen atoms in total. The zero-order valence-corrected chi connectivity index (χ0v) is 15.5. The number of hydrogen-bond donors (Lipinski definition) is 1. The average molecular weight is 341 g/mol. The van der Waals surface area contributed by atoms with E-state index in [9.17, 15) is 0 Å². The van der Waals surface area contributed by atoms with Gasteiger partial charge in [-0.2, -0.15) is 0 Å². The third-order valence-electron chi connectivity index (χ3n) is 4.06. The van der Waals surface area contributed by atoms with E-state index in [0.717, 1.165) is 6.54 Å². The minimum absolute atomic E-state index is 0.873. The van der Waals surface area contributed by atoms with Crippen LogP contribution in [-0.2, 0) is 19.8 Å². The molecule has 2 N–H and O–H groups in total. The van der Waals surface area contributed by atoms with Gasteiger partial charge in [0.1, 0.15) is 0 Å². The Bertz CT molecular complexity index is 151. The quantitative estimate of drug-likeness (QED) is 0.273. The number of rotatable bonds is 16. The molecule has 0 aromatic carbocycles. The summed E-state index contributed by atoms with van der Waals surface area (Å²) >= 11 is 2.00. The predicted molar refractivity (Wildman–Crippen MR) is 89.3 cm³/mol. The molecule has 0 bridgehead atoms. The van der Waals surface area contributed by atoms with E-state index in [4.69, 9.17) is 9.57 Å². The van der Waals surface area contributed by atoms with Crippen LogP contribution >= 0.6 is 0 Å². The summed E-state index contributed by atoms with van der Waals surface area (Å²) in [5.41, 5.74) is 5.48. The van der Waals surface area contributed by atoms with E-state index >= 15 is 0 Å². The molecule has 0 aliphatic carbocycles. The molecule has 130 valence electrons. The van der Waals surface area contributed by atoms with E-state index in [0.29, 0.717) is 0 Å². The van der Waals surface area contributed by atoms with Crippen molar-refractivity contribution in [3.05, 3.63) is 0 Å². The van der Waals surface area contributed by atoms with Crippen LogP contribution in [0.25, 0.3) is 0 Å². The van der Waals surface area contributed by atoms with Crippen molar-refractivity contribution in [2.24, 2.45) is 5.73 Å². The molecule has 0 spiro atoms. The Balaban J connectivity index is 0. The molecule has 0 atom stereocenters. The van der Waals surface area contributed by atoms with Gasteiger partial charge < -0.3 is 5.73 Å². The molecule has 3 heteroatoms.